The molecule has 1 heterocycles. The Morgan fingerprint density at radius 2 is 1.86 bits per heavy atom. The molecular formula is C20H21Cl2N3O3. The van der Waals surface area contributed by atoms with Crippen molar-refractivity contribution in [3.63, 3.8) is 0 Å². The van der Waals surface area contributed by atoms with Crippen LogP contribution in [0.15, 0.2) is 36.5 Å². The van der Waals surface area contributed by atoms with E-state index < -0.39 is 5.91 Å². The predicted molar refractivity (Wildman–Crippen MR) is 108 cm³/mol. The van der Waals surface area contributed by atoms with Gasteiger partial charge in [0.05, 0.1) is 16.6 Å². The molecule has 0 bridgehead atoms. The van der Waals surface area contributed by atoms with Crippen LogP contribution in [-0.4, -0.2) is 29.4 Å². The summed E-state index contributed by atoms with van der Waals surface area (Å²) in [5, 5.41) is 5.93. The molecule has 2 aromatic rings. The fourth-order valence-corrected chi connectivity index (χ4v) is 3.22. The summed E-state index contributed by atoms with van der Waals surface area (Å²) in [6, 6.07) is 8.21. The molecule has 0 radical (unpaired) electrons. The first kappa shape index (κ1) is 20.4. The topological polar surface area (TPSA) is 80.3 Å². The lowest BCUT2D eigenvalue weighted by atomic mass is 10.2. The van der Waals surface area contributed by atoms with Crippen molar-refractivity contribution in [2.24, 2.45) is 0 Å². The zero-order valence-corrected chi connectivity index (χ0v) is 16.7. The molecule has 1 aliphatic carbocycles. The van der Waals surface area contributed by atoms with Crippen LogP contribution in [0, 0.1) is 0 Å². The maximum Gasteiger partial charge on any atom is 0.251 e. The summed E-state index contributed by atoms with van der Waals surface area (Å²) < 4.78 is 5.81. The van der Waals surface area contributed by atoms with Gasteiger partial charge in [0, 0.05) is 24.4 Å². The van der Waals surface area contributed by atoms with E-state index in [-0.39, 0.29) is 23.6 Å². The van der Waals surface area contributed by atoms with Crippen molar-refractivity contribution in [3.05, 3.63) is 57.7 Å². The number of rotatable bonds is 7. The van der Waals surface area contributed by atoms with Gasteiger partial charge in [-0.3, -0.25) is 9.59 Å². The number of nitrogens with one attached hydrogen (secondary N) is 2. The summed E-state index contributed by atoms with van der Waals surface area (Å²) in [4.78, 5) is 28.3. The molecule has 2 N–H and O–H groups in total. The molecule has 0 saturated heterocycles. The van der Waals surface area contributed by atoms with Gasteiger partial charge in [0.15, 0.2) is 0 Å². The SMILES string of the molecule is O=C(CNC(=O)c1ccc(Cl)c(Cl)c1)NCc1ccc(OC2CCCC2)nc1. The summed E-state index contributed by atoms with van der Waals surface area (Å²) in [5.41, 5.74) is 1.19. The lowest BCUT2D eigenvalue weighted by Gasteiger charge is -2.12. The highest BCUT2D eigenvalue weighted by Gasteiger charge is 2.16. The van der Waals surface area contributed by atoms with Crippen molar-refractivity contribution in [1.82, 2.24) is 15.6 Å². The van der Waals surface area contributed by atoms with Crippen LogP contribution in [0.25, 0.3) is 0 Å². The third-order valence-electron chi connectivity index (χ3n) is 4.47. The Hall–Kier alpha value is -2.31. The fraction of sp³-hybridized carbons (Fsp3) is 0.350. The minimum atomic E-state index is -0.399. The first-order valence-electron chi connectivity index (χ1n) is 9.13. The average molecular weight is 422 g/mol. The fourth-order valence-electron chi connectivity index (χ4n) is 2.93. The van der Waals surface area contributed by atoms with E-state index in [2.05, 4.69) is 15.6 Å². The number of hydrogen-bond donors (Lipinski definition) is 2. The van der Waals surface area contributed by atoms with Gasteiger partial charge in [0.1, 0.15) is 6.10 Å². The van der Waals surface area contributed by atoms with Gasteiger partial charge in [0.2, 0.25) is 11.8 Å². The van der Waals surface area contributed by atoms with Crippen LogP contribution in [0.4, 0.5) is 0 Å². The van der Waals surface area contributed by atoms with Gasteiger partial charge in [-0.1, -0.05) is 29.3 Å². The number of benzene rings is 1. The average Bonchev–Trinajstić information content (AvgIpc) is 3.20. The monoisotopic (exact) mass is 421 g/mol. The van der Waals surface area contributed by atoms with Crippen LogP contribution in [0.1, 0.15) is 41.6 Å². The van der Waals surface area contributed by atoms with Gasteiger partial charge < -0.3 is 15.4 Å². The molecule has 3 rings (SSSR count). The van der Waals surface area contributed by atoms with Crippen molar-refractivity contribution in [2.45, 2.75) is 38.3 Å². The Kier molecular flexibility index (Phi) is 7.12. The molecule has 0 unspecified atom stereocenters. The van der Waals surface area contributed by atoms with Crippen LogP contribution in [0.5, 0.6) is 5.88 Å². The van der Waals surface area contributed by atoms with Crippen LogP contribution >= 0.6 is 23.2 Å². The first-order valence-corrected chi connectivity index (χ1v) is 9.88. The number of nitrogens with zero attached hydrogens (tertiary/aromatic N) is 1. The molecule has 2 amide bonds. The summed E-state index contributed by atoms with van der Waals surface area (Å²) in [7, 11) is 0. The highest BCUT2D eigenvalue weighted by atomic mass is 35.5. The second-order valence-electron chi connectivity index (χ2n) is 6.62. The van der Waals surface area contributed by atoms with Gasteiger partial charge in [-0.05, 0) is 49.4 Å². The maximum absolute atomic E-state index is 12.0. The zero-order chi connectivity index (χ0) is 19.9. The van der Waals surface area contributed by atoms with Crippen molar-refractivity contribution >= 4 is 35.0 Å². The Labute approximate surface area is 173 Å². The largest absolute Gasteiger partial charge is 0.474 e. The van der Waals surface area contributed by atoms with E-state index in [4.69, 9.17) is 27.9 Å². The molecule has 1 saturated carbocycles. The van der Waals surface area contributed by atoms with Crippen molar-refractivity contribution in [2.75, 3.05) is 6.54 Å². The second kappa shape index (κ2) is 9.75. The minimum Gasteiger partial charge on any atom is -0.474 e. The second-order valence-corrected chi connectivity index (χ2v) is 7.43. The molecule has 1 aromatic heterocycles. The summed E-state index contributed by atoms with van der Waals surface area (Å²) in [6.07, 6.45) is 6.50. The number of amides is 2. The van der Waals surface area contributed by atoms with Gasteiger partial charge in [0.25, 0.3) is 5.91 Å². The van der Waals surface area contributed by atoms with E-state index in [0.717, 1.165) is 18.4 Å². The van der Waals surface area contributed by atoms with Gasteiger partial charge >= 0.3 is 0 Å². The Balaban J connectivity index is 1.41. The molecule has 0 aliphatic heterocycles. The minimum absolute atomic E-state index is 0.143. The van der Waals surface area contributed by atoms with Gasteiger partial charge in [-0.25, -0.2) is 4.98 Å². The van der Waals surface area contributed by atoms with E-state index in [1.165, 1.54) is 25.0 Å². The van der Waals surface area contributed by atoms with Crippen molar-refractivity contribution < 1.29 is 14.3 Å². The highest BCUT2D eigenvalue weighted by Crippen LogP contribution is 2.23. The lowest BCUT2D eigenvalue weighted by molar-refractivity contribution is -0.120. The molecular weight excluding hydrogens is 401 g/mol. The number of carbonyl (C=O) groups excluding carboxylic acids is 2. The summed E-state index contributed by atoms with van der Waals surface area (Å²) in [6.45, 7) is 0.174. The van der Waals surface area contributed by atoms with E-state index in [0.29, 0.717) is 23.0 Å². The van der Waals surface area contributed by atoms with Crippen LogP contribution < -0.4 is 15.4 Å². The summed E-state index contributed by atoms with van der Waals surface area (Å²) in [5.74, 6) is -0.0978. The van der Waals surface area contributed by atoms with Crippen LogP contribution in [0.3, 0.4) is 0 Å². The van der Waals surface area contributed by atoms with Gasteiger partial charge in [-0.15, -0.1) is 0 Å². The van der Waals surface area contributed by atoms with E-state index in [1.54, 1.807) is 12.3 Å². The maximum atomic E-state index is 12.0. The molecule has 0 spiro atoms. The normalized spacial score (nSPS) is 13.9. The number of ether oxygens (including phenoxy) is 1. The molecule has 1 aliphatic rings. The summed E-state index contributed by atoms with van der Waals surface area (Å²) >= 11 is 11.7. The molecule has 148 valence electrons. The molecule has 1 fully saturated rings. The number of hydrogen-bond acceptors (Lipinski definition) is 4. The molecule has 28 heavy (non-hydrogen) atoms. The highest BCUT2D eigenvalue weighted by molar-refractivity contribution is 6.42. The first-order chi connectivity index (χ1) is 13.5. The predicted octanol–water partition coefficient (Wildman–Crippen LogP) is 3.76. The number of carbonyl (C=O) groups is 2. The van der Waals surface area contributed by atoms with Crippen molar-refractivity contribution in [3.8, 4) is 5.88 Å². The van der Waals surface area contributed by atoms with Crippen LogP contribution in [0.2, 0.25) is 10.0 Å². The zero-order valence-electron chi connectivity index (χ0n) is 15.2. The third-order valence-corrected chi connectivity index (χ3v) is 5.21. The lowest BCUT2D eigenvalue weighted by Crippen LogP contribution is -2.36. The van der Waals surface area contributed by atoms with E-state index in [1.807, 2.05) is 12.1 Å². The smallest absolute Gasteiger partial charge is 0.251 e. The molecule has 6 nitrogen and oxygen atoms in total. The number of pyridine rings is 1. The molecule has 8 heteroatoms. The van der Waals surface area contributed by atoms with Crippen molar-refractivity contribution in [1.29, 1.82) is 0 Å². The molecule has 1 aromatic carbocycles. The molecule has 0 atom stereocenters. The van der Waals surface area contributed by atoms with Crippen LogP contribution in [-0.2, 0) is 11.3 Å². The van der Waals surface area contributed by atoms with E-state index >= 15 is 0 Å². The van der Waals surface area contributed by atoms with E-state index in [9.17, 15) is 9.59 Å². The Bertz CT molecular complexity index is 837. The standard InChI is InChI=1S/C20H21Cl2N3O3/c21-16-7-6-14(9-17(16)22)20(27)25-12-18(26)23-10-13-5-8-19(24-11-13)28-15-3-1-2-4-15/h5-9,11,15H,1-4,10,12H2,(H,23,26)(H,25,27). The third kappa shape index (κ3) is 5.84. The number of aromatic nitrogens is 1. The Morgan fingerprint density at radius 3 is 2.54 bits per heavy atom. The number of halogens is 2. The Morgan fingerprint density at radius 1 is 1.07 bits per heavy atom. The van der Waals surface area contributed by atoms with Gasteiger partial charge in [-0.2, -0.15) is 0 Å². The quantitative estimate of drug-likeness (QED) is 0.712.